The predicted octanol–water partition coefficient (Wildman–Crippen LogP) is 5.05. The summed E-state index contributed by atoms with van der Waals surface area (Å²) in [5.74, 6) is -2.72. The summed E-state index contributed by atoms with van der Waals surface area (Å²) in [6, 6.07) is 9.72. The zero-order valence-electron chi connectivity index (χ0n) is 32.9. The number of carbonyl (C=O) groups is 4. The van der Waals surface area contributed by atoms with Crippen molar-refractivity contribution in [3.63, 3.8) is 0 Å². The zero-order valence-corrected chi connectivity index (χ0v) is 32.9. The molecule has 3 aliphatic rings. The molecule has 1 saturated heterocycles. The van der Waals surface area contributed by atoms with Crippen LogP contribution < -0.4 is 25.1 Å². The number of carbonyl (C=O) groups excluding carboxylic acids is 4. The van der Waals surface area contributed by atoms with Gasteiger partial charge in [0.15, 0.2) is 11.5 Å². The molecule has 3 N–H and O–H groups in total. The number of phenolic OH excluding ortho intramolecular Hbond substituents is 2. The number of ether oxygens (including phenoxy) is 4. The van der Waals surface area contributed by atoms with Crippen LogP contribution in [0.1, 0.15) is 103 Å². The molecule has 3 aromatic rings. The molecule has 57 heavy (non-hydrogen) atoms. The van der Waals surface area contributed by atoms with Crippen LogP contribution in [0.15, 0.2) is 47.3 Å². The van der Waals surface area contributed by atoms with Gasteiger partial charge >= 0.3 is 5.97 Å². The fourth-order valence-corrected chi connectivity index (χ4v) is 8.35. The largest absolute Gasteiger partial charge is 0.507 e. The monoisotopic (exact) mass is 785 g/mol. The zero-order chi connectivity index (χ0) is 40.8. The Labute approximate surface area is 331 Å². The topological polar surface area (TPSA) is 183 Å². The summed E-state index contributed by atoms with van der Waals surface area (Å²) in [5.41, 5.74) is 1.11. The number of ketones is 1. The molecule has 3 aliphatic heterocycles. The third kappa shape index (κ3) is 9.11. The first-order valence-corrected chi connectivity index (χ1v) is 19.4. The van der Waals surface area contributed by atoms with Crippen LogP contribution in [-0.2, 0) is 25.7 Å². The summed E-state index contributed by atoms with van der Waals surface area (Å²) in [7, 11) is 4.31. The Bertz CT molecular complexity index is 2080. The fourth-order valence-electron chi connectivity index (χ4n) is 8.35. The number of cyclic esters (lactones) is 1. The van der Waals surface area contributed by atoms with Gasteiger partial charge in [-0.2, -0.15) is 0 Å². The third-order valence-corrected chi connectivity index (χ3v) is 11.1. The lowest BCUT2D eigenvalue weighted by molar-refractivity contribution is -0.135. The van der Waals surface area contributed by atoms with Gasteiger partial charge in [-0.05, 0) is 80.3 Å². The van der Waals surface area contributed by atoms with Crippen molar-refractivity contribution in [3.8, 4) is 28.7 Å². The molecule has 2 amide bonds. The Balaban J connectivity index is 1.32. The Morgan fingerprint density at radius 1 is 0.965 bits per heavy atom. The SMILES string of the molecule is COc1cc(C(CC(=O)NCC(=O)N2C[C@H]3C[C@@H](C2)c2cccc(=O)n2C3)c2c(O)cc3c(c2O)C(=O)O[C@@H](C)CCCC(=O)CCC/C=C/3)cc(OC)c1OC. The van der Waals surface area contributed by atoms with Gasteiger partial charge in [0.2, 0.25) is 17.6 Å². The first-order chi connectivity index (χ1) is 27.4. The summed E-state index contributed by atoms with van der Waals surface area (Å²) in [4.78, 5) is 67.7. The van der Waals surface area contributed by atoms with E-state index in [1.807, 2.05) is 6.07 Å². The molecule has 14 heteroatoms. The summed E-state index contributed by atoms with van der Waals surface area (Å²) in [6.07, 6.45) is 6.19. The van der Waals surface area contributed by atoms with E-state index in [1.54, 1.807) is 52.8 Å². The van der Waals surface area contributed by atoms with E-state index in [0.29, 0.717) is 63.7 Å². The quantitative estimate of drug-likeness (QED) is 0.247. The Kier molecular flexibility index (Phi) is 12.9. The van der Waals surface area contributed by atoms with Crippen LogP contribution in [0.3, 0.4) is 0 Å². The van der Waals surface area contributed by atoms with E-state index in [1.165, 1.54) is 27.4 Å². The van der Waals surface area contributed by atoms with Crippen molar-refractivity contribution in [2.75, 3.05) is 41.0 Å². The van der Waals surface area contributed by atoms with Crippen molar-refractivity contribution in [3.05, 3.63) is 80.8 Å². The van der Waals surface area contributed by atoms with Crippen LogP contribution in [0.25, 0.3) is 6.08 Å². The van der Waals surface area contributed by atoms with E-state index in [9.17, 15) is 34.2 Å². The van der Waals surface area contributed by atoms with Crippen molar-refractivity contribution in [2.24, 2.45) is 5.92 Å². The Hall–Kier alpha value is -5.79. The van der Waals surface area contributed by atoms with Gasteiger partial charge in [-0.15, -0.1) is 0 Å². The number of benzene rings is 2. The van der Waals surface area contributed by atoms with Crippen LogP contribution in [0.4, 0.5) is 0 Å². The number of amides is 2. The summed E-state index contributed by atoms with van der Waals surface area (Å²) >= 11 is 0. The maximum Gasteiger partial charge on any atom is 0.342 e. The minimum Gasteiger partial charge on any atom is -0.507 e. The van der Waals surface area contributed by atoms with E-state index >= 15 is 0 Å². The lowest BCUT2D eigenvalue weighted by Crippen LogP contribution is -2.51. The molecule has 1 aromatic heterocycles. The number of piperidine rings is 1. The molecule has 1 fully saturated rings. The van der Waals surface area contributed by atoms with Gasteiger partial charge < -0.3 is 43.9 Å². The number of Topliss-reactive ketones (excluding diaryl/α,β-unsaturated/α-hetero) is 1. The Morgan fingerprint density at radius 3 is 2.42 bits per heavy atom. The summed E-state index contributed by atoms with van der Waals surface area (Å²) < 4.78 is 24.3. The molecule has 304 valence electrons. The third-order valence-electron chi connectivity index (χ3n) is 11.1. The number of aromatic nitrogens is 1. The van der Waals surface area contributed by atoms with Gasteiger partial charge in [-0.1, -0.05) is 18.2 Å². The van der Waals surface area contributed by atoms with E-state index in [-0.39, 0.29) is 76.0 Å². The number of likely N-dealkylation sites (tertiary alicyclic amines) is 1. The average molecular weight is 786 g/mol. The molecule has 4 heterocycles. The van der Waals surface area contributed by atoms with Crippen molar-refractivity contribution in [1.29, 1.82) is 0 Å². The minimum absolute atomic E-state index is 0.00378. The number of hydrogen-bond acceptors (Lipinski definition) is 11. The van der Waals surface area contributed by atoms with Crippen LogP contribution in [0.5, 0.6) is 28.7 Å². The van der Waals surface area contributed by atoms with Gasteiger partial charge in [0.05, 0.1) is 34.0 Å². The van der Waals surface area contributed by atoms with Gasteiger partial charge in [-0.25, -0.2) is 4.79 Å². The maximum absolute atomic E-state index is 13.9. The number of esters is 1. The number of hydrogen-bond donors (Lipinski definition) is 3. The number of pyridine rings is 1. The molecule has 4 atom stereocenters. The van der Waals surface area contributed by atoms with Crippen molar-refractivity contribution < 1.29 is 48.3 Å². The summed E-state index contributed by atoms with van der Waals surface area (Å²) in [5, 5.41) is 26.4. The molecule has 1 unspecified atom stereocenters. The lowest BCUT2D eigenvalue weighted by atomic mass is 9.83. The number of methoxy groups -OCH3 is 3. The number of nitrogens with one attached hydrogen (secondary N) is 1. The fraction of sp³-hybridized carbons (Fsp3) is 0.465. The second-order valence-electron chi connectivity index (χ2n) is 15.1. The number of fused-ring (bicyclic) bond motifs is 5. The van der Waals surface area contributed by atoms with E-state index in [0.717, 1.165) is 12.1 Å². The maximum atomic E-state index is 13.9. The van der Waals surface area contributed by atoms with Gasteiger partial charge in [-0.3, -0.25) is 19.2 Å². The molecule has 0 radical (unpaired) electrons. The van der Waals surface area contributed by atoms with Crippen LogP contribution >= 0.6 is 0 Å². The average Bonchev–Trinajstić information content (AvgIpc) is 3.18. The highest BCUT2D eigenvalue weighted by atomic mass is 16.5. The van der Waals surface area contributed by atoms with Crippen LogP contribution in [0.2, 0.25) is 0 Å². The molecule has 0 saturated carbocycles. The van der Waals surface area contributed by atoms with E-state index in [2.05, 4.69) is 5.32 Å². The van der Waals surface area contributed by atoms with E-state index in [4.69, 9.17) is 18.9 Å². The van der Waals surface area contributed by atoms with Crippen molar-refractivity contribution in [1.82, 2.24) is 14.8 Å². The van der Waals surface area contributed by atoms with E-state index < -0.39 is 35.4 Å². The number of phenols is 2. The standard InChI is InChI=1S/C43H51N3O11/c1-25-10-8-13-30(47)12-7-5-6-11-27-17-33(48)40(41(52)39(27)43(53)57-25)31(28-18-34(54-2)42(56-4)35(19-28)55-3)20-36(49)44-21-38(51)45-22-26-16-29(24-45)32-14-9-15-37(50)46(32)23-26/h6,9,11,14-15,17-19,25-26,29,31,48,52H,5,7-8,10,12-13,16,20-24H2,1-4H3,(H,44,49)/b11-6+/t25-,26+,29-,31?/m0/s1. The number of allylic oxidation sites excluding steroid dienone is 1. The highest BCUT2D eigenvalue weighted by Gasteiger charge is 2.37. The van der Waals surface area contributed by atoms with Gasteiger partial charge in [0.25, 0.3) is 5.56 Å². The van der Waals surface area contributed by atoms with Gasteiger partial charge in [0.1, 0.15) is 22.8 Å². The van der Waals surface area contributed by atoms with Crippen molar-refractivity contribution in [2.45, 2.75) is 82.8 Å². The minimum atomic E-state index is -1.10. The molecular formula is C43H51N3O11. The molecule has 2 aromatic carbocycles. The Morgan fingerprint density at radius 2 is 1.70 bits per heavy atom. The first-order valence-electron chi connectivity index (χ1n) is 19.4. The van der Waals surface area contributed by atoms with Gasteiger partial charge in [0, 0.05) is 68.1 Å². The normalized spacial score (nSPS) is 20.8. The first kappa shape index (κ1) is 40.9. The molecule has 6 rings (SSSR count). The lowest BCUT2D eigenvalue weighted by Gasteiger charge is -2.42. The van der Waals surface area contributed by atoms with Crippen LogP contribution in [0, 0.1) is 5.92 Å². The second kappa shape index (κ2) is 18.0. The predicted molar refractivity (Wildman–Crippen MR) is 210 cm³/mol. The molecule has 0 aliphatic carbocycles. The second-order valence-corrected chi connectivity index (χ2v) is 15.1. The van der Waals surface area contributed by atoms with Crippen molar-refractivity contribution >= 4 is 29.6 Å². The highest BCUT2D eigenvalue weighted by Crippen LogP contribution is 2.48. The molecule has 14 nitrogen and oxygen atoms in total. The number of aromatic hydroxyl groups is 2. The smallest absolute Gasteiger partial charge is 0.342 e. The molecule has 2 bridgehead atoms. The highest BCUT2D eigenvalue weighted by molar-refractivity contribution is 5.98. The molecule has 0 spiro atoms. The van der Waals surface area contributed by atoms with Crippen LogP contribution in [-0.4, -0.2) is 90.3 Å². The number of nitrogens with zero attached hydrogens (tertiary/aromatic N) is 2. The summed E-state index contributed by atoms with van der Waals surface area (Å²) in [6.45, 7) is 2.81. The molecular weight excluding hydrogens is 734 g/mol. The number of rotatable bonds is 9.